The van der Waals surface area contributed by atoms with Crippen molar-refractivity contribution in [2.45, 2.75) is 10.1 Å². The van der Waals surface area contributed by atoms with Gasteiger partial charge in [0.15, 0.2) is 11.0 Å². The summed E-state index contributed by atoms with van der Waals surface area (Å²) in [6.07, 6.45) is 0. The van der Waals surface area contributed by atoms with Crippen LogP contribution in [0.3, 0.4) is 0 Å². The minimum absolute atomic E-state index is 0.00127. The molecule has 3 aromatic rings. The van der Waals surface area contributed by atoms with Gasteiger partial charge in [0.05, 0.1) is 31.0 Å². The largest absolute Gasteiger partial charge is 0.468 e. The lowest BCUT2D eigenvalue weighted by molar-refractivity contribution is -0.137. The SMILES string of the molecule is COC(=O)CSc1nnc(-c2cccc(S(=O)(=O)N3CCOCC3)c2)n1-c1ccc(F)cc1. The molecule has 0 aliphatic carbocycles. The summed E-state index contributed by atoms with van der Waals surface area (Å²) in [5, 5.41) is 8.80. The molecule has 9 nitrogen and oxygen atoms in total. The van der Waals surface area contributed by atoms with Crippen molar-refractivity contribution in [3.8, 4) is 17.1 Å². The maximum absolute atomic E-state index is 13.5. The van der Waals surface area contributed by atoms with E-state index < -0.39 is 21.8 Å². The van der Waals surface area contributed by atoms with E-state index in [1.54, 1.807) is 28.8 Å². The number of thioether (sulfide) groups is 1. The molecule has 1 fully saturated rings. The number of carbonyl (C=O) groups is 1. The predicted molar refractivity (Wildman–Crippen MR) is 119 cm³/mol. The van der Waals surface area contributed by atoms with Gasteiger partial charge in [-0.05, 0) is 36.4 Å². The first-order chi connectivity index (χ1) is 15.9. The Bertz CT molecular complexity index is 1240. The van der Waals surface area contributed by atoms with Gasteiger partial charge < -0.3 is 9.47 Å². The van der Waals surface area contributed by atoms with Crippen LogP contribution in [0.25, 0.3) is 17.1 Å². The Kier molecular flexibility index (Phi) is 7.08. The second-order valence-electron chi connectivity index (χ2n) is 7.03. The zero-order valence-corrected chi connectivity index (χ0v) is 19.3. The smallest absolute Gasteiger partial charge is 0.316 e. The van der Waals surface area contributed by atoms with E-state index in [0.29, 0.717) is 35.4 Å². The first-order valence-corrected chi connectivity index (χ1v) is 12.4. The maximum Gasteiger partial charge on any atom is 0.316 e. The summed E-state index contributed by atoms with van der Waals surface area (Å²) in [5.74, 6) is -0.487. The number of aromatic nitrogens is 3. The molecule has 12 heteroatoms. The third-order valence-electron chi connectivity index (χ3n) is 4.97. The van der Waals surface area contributed by atoms with Crippen LogP contribution in [0.2, 0.25) is 0 Å². The molecule has 4 rings (SSSR count). The van der Waals surface area contributed by atoms with Crippen molar-refractivity contribution in [2.24, 2.45) is 0 Å². The van der Waals surface area contributed by atoms with Crippen LogP contribution in [0.5, 0.6) is 0 Å². The molecule has 1 saturated heterocycles. The van der Waals surface area contributed by atoms with Gasteiger partial charge in [-0.2, -0.15) is 4.31 Å². The molecule has 0 atom stereocenters. The standard InChI is InChI=1S/C21H21FN4O5S2/c1-30-19(27)14-32-21-24-23-20(26(21)17-7-5-16(22)6-8-17)15-3-2-4-18(13-15)33(28,29)25-9-11-31-12-10-25/h2-8,13H,9-12,14H2,1H3. The van der Waals surface area contributed by atoms with Crippen LogP contribution in [0.4, 0.5) is 4.39 Å². The van der Waals surface area contributed by atoms with Gasteiger partial charge in [-0.3, -0.25) is 9.36 Å². The Hall–Kier alpha value is -2.80. The summed E-state index contributed by atoms with van der Waals surface area (Å²) >= 11 is 1.11. The molecule has 0 spiro atoms. The average molecular weight is 493 g/mol. The van der Waals surface area contributed by atoms with Gasteiger partial charge in [0.1, 0.15) is 5.82 Å². The van der Waals surface area contributed by atoms with Crippen LogP contribution in [0.1, 0.15) is 0 Å². The van der Waals surface area contributed by atoms with E-state index >= 15 is 0 Å². The minimum Gasteiger partial charge on any atom is -0.468 e. The fourth-order valence-corrected chi connectivity index (χ4v) is 5.53. The van der Waals surface area contributed by atoms with Crippen molar-refractivity contribution >= 4 is 27.8 Å². The molecule has 174 valence electrons. The molecule has 0 bridgehead atoms. The van der Waals surface area contributed by atoms with Gasteiger partial charge in [0.2, 0.25) is 10.0 Å². The predicted octanol–water partition coefficient (Wildman–Crippen LogP) is 2.36. The van der Waals surface area contributed by atoms with Gasteiger partial charge >= 0.3 is 5.97 Å². The van der Waals surface area contributed by atoms with Gasteiger partial charge in [-0.25, -0.2) is 12.8 Å². The van der Waals surface area contributed by atoms with Crippen molar-refractivity contribution in [1.29, 1.82) is 0 Å². The fourth-order valence-electron chi connectivity index (χ4n) is 3.29. The molecule has 2 aromatic carbocycles. The van der Waals surface area contributed by atoms with E-state index in [2.05, 4.69) is 14.9 Å². The van der Waals surface area contributed by atoms with Crippen molar-refractivity contribution < 1.29 is 27.1 Å². The number of hydrogen-bond acceptors (Lipinski definition) is 8. The highest BCUT2D eigenvalue weighted by Gasteiger charge is 2.27. The maximum atomic E-state index is 13.5. The van der Waals surface area contributed by atoms with E-state index in [1.807, 2.05) is 0 Å². The quantitative estimate of drug-likeness (QED) is 0.366. The highest BCUT2D eigenvalue weighted by Crippen LogP contribution is 2.30. The number of hydrogen-bond donors (Lipinski definition) is 0. The molecule has 2 heterocycles. The lowest BCUT2D eigenvalue weighted by atomic mass is 10.2. The molecule has 0 saturated carbocycles. The number of morpholine rings is 1. The summed E-state index contributed by atoms with van der Waals surface area (Å²) in [4.78, 5) is 11.8. The fraction of sp³-hybridized carbons (Fsp3) is 0.286. The van der Waals surface area contributed by atoms with Gasteiger partial charge in [-0.1, -0.05) is 23.9 Å². The number of methoxy groups -OCH3 is 1. The minimum atomic E-state index is -3.71. The Morgan fingerprint density at radius 2 is 1.88 bits per heavy atom. The van der Waals surface area contributed by atoms with Crippen LogP contribution < -0.4 is 0 Å². The molecule has 0 amide bonds. The summed E-state index contributed by atoms with van der Waals surface area (Å²) in [6.45, 7) is 1.26. The summed E-state index contributed by atoms with van der Waals surface area (Å²) in [7, 11) is -2.42. The number of halogens is 1. The first kappa shape index (κ1) is 23.4. The number of esters is 1. The zero-order valence-electron chi connectivity index (χ0n) is 17.7. The van der Waals surface area contributed by atoms with E-state index in [0.717, 1.165) is 11.8 Å². The molecule has 1 aliphatic rings. The third kappa shape index (κ3) is 5.08. The Morgan fingerprint density at radius 1 is 1.15 bits per heavy atom. The molecule has 0 radical (unpaired) electrons. The van der Waals surface area contributed by atoms with Gasteiger partial charge in [-0.15, -0.1) is 10.2 Å². The monoisotopic (exact) mass is 492 g/mol. The topological polar surface area (TPSA) is 104 Å². The summed E-state index contributed by atoms with van der Waals surface area (Å²) in [6, 6.07) is 12.1. The number of benzene rings is 2. The highest BCUT2D eigenvalue weighted by molar-refractivity contribution is 7.99. The normalized spacial score (nSPS) is 14.8. The summed E-state index contributed by atoms with van der Waals surface area (Å²) < 4.78 is 52.7. The Labute approximate surface area is 194 Å². The first-order valence-electron chi connectivity index (χ1n) is 9.99. The van der Waals surface area contributed by atoms with E-state index in [9.17, 15) is 17.6 Å². The Balaban J connectivity index is 1.75. The van der Waals surface area contributed by atoms with Crippen molar-refractivity contribution in [3.63, 3.8) is 0 Å². The van der Waals surface area contributed by atoms with Gasteiger partial charge in [0.25, 0.3) is 0 Å². The Morgan fingerprint density at radius 3 is 2.58 bits per heavy atom. The average Bonchev–Trinajstić information content (AvgIpc) is 3.27. The molecule has 1 aliphatic heterocycles. The van der Waals surface area contributed by atoms with Crippen LogP contribution in [-0.2, 0) is 24.3 Å². The number of carbonyl (C=O) groups excluding carboxylic acids is 1. The van der Waals surface area contributed by atoms with E-state index in [4.69, 9.17) is 4.74 Å². The number of ether oxygens (including phenoxy) is 2. The molecule has 0 unspecified atom stereocenters. The van der Waals surface area contributed by atoms with Crippen LogP contribution in [-0.4, -0.2) is 72.6 Å². The van der Waals surface area contributed by atoms with Gasteiger partial charge in [0, 0.05) is 24.3 Å². The number of nitrogens with zero attached hydrogens (tertiary/aromatic N) is 4. The highest BCUT2D eigenvalue weighted by atomic mass is 32.2. The van der Waals surface area contributed by atoms with E-state index in [1.165, 1.54) is 35.7 Å². The molecule has 1 aromatic heterocycles. The third-order valence-corrected chi connectivity index (χ3v) is 7.76. The number of sulfonamides is 1. The second-order valence-corrected chi connectivity index (χ2v) is 9.91. The van der Waals surface area contributed by atoms with Crippen molar-refractivity contribution in [3.05, 3.63) is 54.3 Å². The van der Waals surface area contributed by atoms with Crippen molar-refractivity contribution in [2.75, 3.05) is 39.2 Å². The van der Waals surface area contributed by atoms with Crippen LogP contribution in [0, 0.1) is 5.82 Å². The van der Waals surface area contributed by atoms with Crippen molar-refractivity contribution in [1.82, 2.24) is 19.1 Å². The summed E-state index contributed by atoms with van der Waals surface area (Å²) in [5.41, 5.74) is 1.07. The number of rotatable bonds is 7. The van der Waals surface area contributed by atoms with Crippen LogP contribution >= 0.6 is 11.8 Å². The van der Waals surface area contributed by atoms with E-state index in [-0.39, 0.29) is 23.7 Å². The second kappa shape index (κ2) is 10.00. The molecule has 33 heavy (non-hydrogen) atoms. The molecular formula is C21H21FN4O5S2. The van der Waals surface area contributed by atoms with Crippen LogP contribution in [0.15, 0.2) is 58.6 Å². The molecular weight excluding hydrogens is 471 g/mol. The lowest BCUT2D eigenvalue weighted by Gasteiger charge is -2.26. The zero-order chi connectivity index (χ0) is 23.4. The molecule has 0 N–H and O–H groups in total. The lowest BCUT2D eigenvalue weighted by Crippen LogP contribution is -2.40.